The van der Waals surface area contributed by atoms with Gasteiger partial charge in [0, 0.05) is 24.3 Å². The van der Waals surface area contributed by atoms with Crippen LogP contribution in [0.5, 0.6) is 5.75 Å². The Kier molecular flexibility index (Phi) is 5.89. The lowest BCUT2D eigenvalue weighted by atomic mass is 10.00. The predicted molar refractivity (Wildman–Crippen MR) is 98.6 cm³/mol. The highest BCUT2D eigenvalue weighted by atomic mass is 35.5. The van der Waals surface area contributed by atoms with Gasteiger partial charge in [0.25, 0.3) is 0 Å². The third-order valence-electron chi connectivity index (χ3n) is 4.48. The minimum Gasteiger partial charge on any atom is -0.486 e. The van der Waals surface area contributed by atoms with E-state index >= 15 is 0 Å². The Hall–Kier alpha value is -2.11. The van der Waals surface area contributed by atoms with E-state index in [1.165, 1.54) is 0 Å². The minimum atomic E-state index is -0.0272. The van der Waals surface area contributed by atoms with E-state index in [-0.39, 0.29) is 17.9 Å². The van der Waals surface area contributed by atoms with Crippen molar-refractivity contribution >= 4 is 23.2 Å². The number of carbonyl (C=O) groups excluding carboxylic acids is 1. The monoisotopic (exact) mass is 359 g/mol. The summed E-state index contributed by atoms with van der Waals surface area (Å²) in [7, 11) is 0. The van der Waals surface area contributed by atoms with Gasteiger partial charge in [-0.1, -0.05) is 24.1 Å². The molecule has 5 nitrogen and oxygen atoms in total. The van der Waals surface area contributed by atoms with Crippen molar-refractivity contribution in [2.24, 2.45) is 11.7 Å². The summed E-state index contributed by atoms with van der Waals surface area (Å²) in [5.74, 6) is 0.806. The van der Waals surface area contributed by atoms with Gasteiger partial charge in [-0.3, -0.25) is 9.78 Å². The number of nitrogens with two attached hydrogens (primary N) is 1. The molecule has 0 unspecified atom stereocenters. The van der Waals surface area contributed by atoms with E-state index in [1.807, 2.05) is 18.2 Å². The maximum atomic E-state index is 12.2. The minimum absolute atomic E-state index is 0.0272. The van der Waals surface area contributed by atoms with E-state index in [0.717, 1.165) is 25.0 Å². The third-order valence-corrected chi connectivity index (χ3v) is 4.78. The maximum Gasteiger partial charge on any atom is 0.224 e. The fourth-order valence-electron chi connectivity index (χ4n) is 3.10. The summed E-state index contributed by atoms with van der Waals surface area (Å²) < 4.78 is 5.68. The molecule has 0 spiro atoms. The van der Waals surface area contributed by atoms with Gasteiger partial charge in [0.2, 0.25) is 5.91 Å². The molecule has 3 rings (SSSR count). The third kappa shape index (κ3) is 4.94. The number of rotatable bonds is 6. The van der Waals surface area contributed by atoms with Crippen molar-refractivity contribution in [3.63, 3.8) is 0 Å². The highest BCUT2D eigenvalue weighted by Crippen LogP contribution is 2.30. The van der Waals surface area contributed by atoms with Gasteiger partial charge >= 0.3 is 0 Å². The fraction of sp³-hybridized carbons (Fsp3) is 0.368. The number of pyridine rings is 1. The van der Waals surface area contributed by atoms with Gasteiger partial charge in [-0.15, -0.1) is 0 Å². The lowest BCUT2D eigenvalue weighted by molar-refractivity contribution is -0.117. The topological polar surface area (TPSA) is 77.2 Å². The maximum absolute atomic E-state index is 12.2. The summed E-state index contributed by atoms with van der Waals surface area (Å²) in [5, 5.41) is 3.33. The first-order valence-electron chi connectivity index (χ1n) is 8.49. The van der Waals surface area contributed by atoms with Crippen LogP contribution in [-0.4, -0.2) is 16.9 Å². The molecule has 25 heavy (non-hydrogen) atoms. The number of anilines is 1. The normalized spacial score (nSPS) is 19.6. The lowest BCUT2D eigenvalue weighted by Crippen LogP contribution is -2.28. The van der Waals surface area contributed by atoms with Crippen LogP contribution < -0.4 is 15.8 Å². The highest BCUT2D eigenvalue weighted by Gasteiger charge is 2.26. The summed E-state index contributed by atoms with van der Waals surface area (Å²) in [4.78, 5) is 16.4. The molecule has 1 aliphatic rings. The van der Waals surface area contributed by atoms with Crippen LogP contribution in [0.25, 0.3) is 0 Å². The van der Waals surface area contributed by atoms with Crippen LogP contribution in [0.4, 0.5) is 5.69 Å². The van der Waals surface area contributed by atoms with Gasteiger partial charge in [0.1, 0.15) is 12.4 Å². The number of hydrogen-bond donors (Lipinski definition) is 2. The summed E-state index contributed by atoms with van der Waals surface area (Å²) in [5.41, 5.74) is 7.51. The van der Waals surface area contributed by atoms with Gasteiger partial charge in [0.05, 0.1) is 10.7 Å². The number of hydrogen-bond acceptors (Lipinski definition) is 4. The molecule has 1 aliphatic carbocycles. The largest absolute Gasteiger partial charge is 0.486 e. The number of benzene rings is 1. The molecule has 0 radical (unpaired) electrons. The average molecular weight is 360 g/mol. The first-order valence-corrected chi connectivity index (χ1v) is 8.87. The van der Waals surface area contributed by atoms with Crippen LogP contribution in [0.15, 0.2) is 42.6 Å². The second-order valence-corrected chi connectivity index (χ2v) is 6.77. The second-order valence-electron chi connectivity index (χ2n) is 6.36. The van der Waals surface area contributed by atoms with Crippen LogP contribution in [0.3, 0.4) is 0 Å². The van der Waals surface area contributed by atoms with Crippen LogP contribution in [0.2, 0.25) is 5.02 Å². The lowest BCUT2D eigenvalue weighted by Gasteiger charge is -2.15. The van der Waals surface area contributed by atoms with Crippen molar-refractivity contribution in [3.8, 4) is 5.75 Å². The van der Waals surface area contributed by atoms with Crippen molar-refractivity contribution in [2.45, 2.75) is 38.3 Å². The molecule has 1 aromatic carbocycles. The molecule has 1 aromatic heterocycles. The van der Waals surface area contributed by atoms with Crippen molar-refractivity contribution < 1.29 is 9.53 Å². The Labute approximate surface area is 152 Å². The summed E-state index contributed by atoms with van der Waals surface area (Å²) in [6.07, 6.45) is 5.31. The quantitative estimate of drug-likeness (QED) is 0.823. The molecule has 1 fully saturated rings. The molecule has 1 amide bonds. The van der Waals surface area contributed by atoms with Crippen molar-refractivity contribution in [2.75, 3.05) is 5.32 Å². The fourth-order valence-corrected chi connectivity index (χ4v) is 3.34. The van der Waals surface area contributed by atoms with Crippen molar-refractivity contribution in [3.05, 3.63) is 53.3 Å². The first-order chi connectivity index (χ1) is 12.1. The zero-order valence-corrected chi connectivity index (χ0v) is 14.7. The molecule has 132 valence electrons. The molecule has 0 saturated heterocycles. The standard InChI is InChI=1S/C19H22ClN3O2/c20-16-11-14(23-19(24)10-13-4-3-6-17(13)21)7-8-18(16)25-12-15-5-1-2-9-22-15/h1-2,5,7-9,11,13,17H,3-4,6,10,12,21H2,(H,23,24)/t13-,17+/m0/s1. The van der Waals surface area contributed by atoms with Gasteiger partial charge in [-0.2, -0.15) is 0 Å². The zero-order chi connectivity index (χ0) is 17.6. The number of ether oxygens (including phenoxy) is 1. The van der Waals surface area contributed by atoms with Gasteiger partial charge in [-0.05, 0) is 49.1 Å². The number of aromatic nitrogens is 1. The van der Waals surface area contributed by atoms with E-state index in [9.17, 15) is 4.79 Å². The first kappa shape index (κ1) is 17.7. The summed E-state index contributed by atoms with van der Waals surface area (Å²) in [6.45, 7) is 0.339. The van der Waals surface area contributed by atoms with Gasteiger partial charge < -0.3 is 15.8 Å². The predicted octanol–water partition coefficient (Wildman–Crippen LogP) is 3.77. The van der Waals surface area contributed by atoms with E-state index in [1.54, 1.807) is 24.4 Å². The average Bonchev–Trinajstić information content (AvgIpc) is 3.00. The molecule has 0 bridgehead atoms. The van der Waals surface area contributed by atoms with Crippen LogP contribution in [0.1, 0.15) is 31.4 Å². The van der Waals surface area contributed by atoms with E-state index in [4.69, 9.17) is 22.1 Å². The number of nitrogens with zero attached hydrogens (tertiary/aromatic N) is 1. The van der Waals surface area contributed by atoms with Gasteiger partial charge in [-0.25, -0.2) is 0 Å². The number of amides is 1. The highest BCUT2D eigenvalue weighted by molar-refractivity contribution is 6.32. The Morgan fingerprint density at radius 3 is 2.88 bits per heavy atom. The van der Waals surface area contributed by atoms with Gasteiger partial charge in [0.15, 0.2) is 0 Å². The van der Waals surface area contributed by atoms with Crippen LogP contribution >= 0.6 is 11.6 Å². The molecule has 2 aromatic rings. The number of carbonyl (C=O) groups is 1. The summed E-state index contributed by atoms with van der Waals surface area (Å²) in [6, 6.07) is 11.0. The molecular formula is C19H22ClN3O2. The molecule has 0 aliphatic heterocycles. The SMILES string of the molecule is N[C@@H]1CCC[C@H]1CC(=O)Nc1ccc(OCc2ccccn2)c(Cl)c1. The Bertz CT molecular complexity index is 724. The molecule has 2 atom stereocenters. The van der Waals surface area contributed by atoms with E-state index < -0.39 is 0 Å². The smallest absolute Gasteiger partial charge is 0.224 e. The number of nitrogens with one attached hydrogen (secondary N) is 1. The Balaban J connectivity index is 1.55. The zero-order valence-electron chi connectivity index (χ0n) is 14.0. The van der Waals surface area contributed by atoms with Crippen molar-refractivity contribution in [1.82, 2.24) is 4.98 Å². The number of halogens is 1. The van der Waals surface area contributed by atoms with E-state index in [0.29, 0.717) is 29.5 Å². The Morgan fingerprint density at radius 1 is 1.32 bits per heavy atom. The molecule has 1 heterocycles. The van der Waals surface area contributed by atoms with Crippen LogP contribution in [0, 0.1) is 5.92 Å². The summed E-state index contributed by atoms with van der Waals surface area (Å²) >= 11 is 6.26. The molecule has 3 N–H and O–H groups in total. The van der Waals surface area contributed by atoms with Crippen LogP contribution in [-0.2, 0) is 11.4 Å². The second kappa shape index (κ2) is 8.32. The van der Waals surface area contributed by atoms with Crippen molar-refractivity contribution in [1.29, 1.82) is 0 Å². The Morgan fingerprint density at radius 2 is 2.20 bits per heavy atom. The molecular weight excluding hydrogens is 338 g/mol. The molecule has 1 saturated carbocycles. The van der Waals surface area contributed by atoms with E-state index in [2.05, 4.69) is 10.3 Å². The molecule has 6 heteroatoms.